The first-order valence-electron chi connectivity index (χ1n) is 14.6. The lowest BCUT2D eigenvalue weighted by atomic mass is 10.1. The molecule has 14 heteroatoms. The smallest absolute Gasteiger partial charge is 0.274 e. The van der Waals surface area contributed by atoms with Crippen LogP contribution in [0, 0.1) is 36.9 Å². The van der Waals surface area contributed by atoms with Gasteiger partial charge in [0.15, 0.2) is 5.69 Å². The van der Waals surface area contributed by atoms with Gasteiger partial charge in [-0.25, -0.2) is 4.39 Å². The van der Waals surface area contributed by atoms with E-state index in [4.69, 9.17) is 9.26 Å². The van der Waals surface area contributed by atoms with Gasteiger partial charge in [0, 0.05) is 31.3 Å². The standard InChI is InChI=1S/C31H39FN6O7/c1-17(2)10-22(13-33)31(43)38-9-8-23(15-38)44-16-26(28(40)34-14-21-7-6-18(3)11-24(21)32)35-30(42)27(20(5)39)36-29(41)25-12-19(4)45-37-25/h6-7,10-12,17,20,23,26-27,39H,8-9,14-16H2,1-5H3,(H,34,40)(H,35,42)(H,36,41)/t20-,23+,26+,27+/m1/s1. The summed E-state index contributed by atoms with van der Waals surface area (Å²) >= 11 is 0. The third-order valence-corrected chi connectivity index (χ3v) is 6.99. The summed E-state index contributed by atoms with van der Waals surface area (Å²) in [6.07, 6.45) is 0.143. The zero-order valence-electron chi connectivity index (χ0n) is 25.9. The fourth-order valence-corrected chi connectivity index (χ4v) is 4.58. The van der Waals surface area contributed by atoms with Gasteiger partial charge in [-0.05, 0) is 44.7 Å². The first-order chi connectivity index (χ1) is 21.3. The highest BCUT2D eigenvalue weighted by molar-refractivity contribution is 5.98. The number of amides is 4. The third kappa shape index (κ3) is 9.95. The minimum absolute atomic E-state index is 0.00447. The topological polar surface area (TPSA) is 187 Å². The van der Waals surface area contributed by atoms with Gasteiger partial charge in [0.25, 0.3) is 11.8 Å². The van der Waals surface area contributed by atoms with E-state index in [0.717, 1.165) is 0 Å². The molecular formula is C31H39FN6O7. The van der Waals surface area contributed by atoms with Crippen molar-refractivity contribution in [1.82, 2.24) is 26.0 Å². The molecule has 0 radical (unpaired) electrons. The predicted molar refractivity (Wildman–Crippen MR) is 159 cm³/mol. The highest BCUT2D eigenvalue weighted by Crippen LogP contribution is 2.17. The van der Waals surface area contributed by atoms with Crippen LogP contribution in [0.5, 0.6) is 0 Å². The maximum Gasteiger partial charge on any atom is 0.274 e. The van der Waals surface area contributed by atoms with Gasteiger partial charge in [0.2, 0.25) is 11.8 Å². The van der Waals surface area contributed by atoms with E-state index in [1.807, 2.05) is 19.9 Å². The van der Waals surface area contributed by atoms with Crippen LogP contribution in [0.2, 0.25) is 0 Å². The number of halogens is 1. The van der Waals surface area contributed by atoms with Gasteiger partial charge in [0.05, 0.1) is 18.8 Å². The molecule has 3 rings (SSSR count). The highest BCUT2D eigenvalue weighted by atomic mass is 19.1. The number of nitrogens with one attached hydrogen (secondary N) is 3. The Kier molecular flexibility index (Phi) is 12.3. The minimum Gasteiger partial charge on any atom is -0.391 e. The molecule has 4 N–H and O–H groups in total. The maximum absolute atomic E-state index is 14.4. The van der Waals surface area contributed by atoms with Gasteiger partial charge in [-0.1, -0.05) is 37.2 Å². The summed E-state index contributed by atoms with van der Waals surface area (Å²) < 4.78 is 25.2. The van der Waals surface area contributed by atoms with Crippen molar-refractivity contribution in [3.8, 4) is 6.07 Å². The maximum atomic E-state index is 14.4. The van der Waals surface area contributed by atoms with Crippen molar-refractivity contribution in [2.24, 2.45) is 5.92 Å². The molecule has 13 nitrogen and oxygen atoms in total. The van der Waals surface area contributed by atoms with E-state index in [0.29, 0.717) is 24.3 Å². The predicted octanol–water partition coefficient (Wildman–Crippen LogP) is 1.43. The molecule has 2 heterocycles. The molecule has 1 aliphatic heterocycles. The number of rotatable bonds is 13. The number of aromatic nitrogens is 1. The molecule has 1 aromatic heterocycles. The van der Waals surface area contributed by atoms with E-state index in [-0.39, 0.29) is 42.4 Å². The average Bonchev–Trinajstić information content (AvgIpc) is 3.64. The Labute approximate surface area is 260 Å². The number of aliphatic hydroxyl groups is 1. The van der Waals surface area contributed by atoms with Crippen LogP contribution in [0.3, 0.4) is 0 Å². The van der Waals surface area contributed by atoms with Crippen LogP contribution < -0.4 is 16.0 Å². The lowest BCUT2D eigenvalue weighted by Crippen LogP contribution is -2.58. The van der Waals surface area contributed by atoms with Gasteiger partial charge >= 0.3 is 0 Å². The number of carbonyl (C=O) groups excluding carboxylic acids is 4. The fourth-order valence-electron chi connectivity index (χ4n) is 4.58. The third-order valence-electron chi connectivity index (χ3n) is 6.99. The first-order valence-corrected chi connectivity index (χ1v) is 14.6. The van der Waals surface area contributed by atoms with Crippen molar-refractivity contribution in [3.05, 3.63) is 64.3 Å². The van der Waals surface area contributed by atoms with Crippen molar-refractivity contribution in [1.29, 1.82) is 5.26 Å². The number of ether oxygens (including phenoxy) is 1. The molecule has 0 unspecified atom stereocenters. The molecule has 4 amide bonds. The monoisotopic (exact) mass is 626 g/mol. The van der Waals surface area contributed by atoms with Crippen molar-refractivity contribution < 1.29 is 37.9 Å². The number of likely N-dealkylation sites (tertiary alicyclic amines) is 1. The molecule has 1 aromatic carbocycles. The highest BCUT2D eigenvalue weighted by Gasteiger charge is 2.33. The molecule has 0 spiro atoms. The Morgan fingerprint density at radius 1 is 1.20 bits per heavy atom. The van der Waals surface area contributed by atoms with E-state index in [1.165, 1.54) is 30.0 Å². The van der Waals surface area contributed by atoms with Gasteiger partial charge in [0.1, 0.15) is 35.3 Å². The van der Waals surface area contributed by atoms with Gasteiger partial charge in [-0.2, -0.15) is 5.26 Å². The second-order valence-electron chi connectivity index (χ2n) is 11.3. The number of aliphatic hydroxyl groups excluding tert-OH is 1. The quantitative estimate of drug-likeness (QED) is 0.188. The molecule has 0 saturated carbocycles. The lowest BCUT2D eigenvalue weighted by molar-refractivity contribution is -0.133. The second kappa shape index (κ2) is 15.9. The van der Waals surface area contributed by atoms with Crippen LogP contribution in [0.1, 0.15) is 54.6 Å². The zero-order chi connectivity index (χ0) is 33.3. The van der Waals surface area contributed by atoms with E-state index in [2.05, 4.69) is 21.1 Å². The Balaban J connectivity index is 1.71. The summed E-state index contributed by atoms with van der Waals surface area (Å²) in [4.78, 5) is 53.4. The first kappa shape index (κ1) is 34.9. The van der Waals surface area contributed by atoms with E-state index in [1.54, 1.807) is 26.0 Å². The molecule has 4 atom stereocenters. The van der Waals surface area contributed by atoms with Gasteiger partial charge in [-0.15, -0.1) is 0 Å². The molecule has 0 bridgehead atoms. The normalized spacial score (nSPS) is 16.9. The van der Waals surface area contributed by atoms with Crippen molar-refractivity contribution >= 4 is 23.6 Å². The molecule has 242 valence electrons. The van der Waals surface area contributed by atoms with Crippen LogP contribution in [0.15, 0.2) is 40.4 Å². The number of hydrogen-bond acceptors (Lipinski definition) is 9. The summed E-state index contributed by atoms with van der Waals surface area (Å²) in [5, 5.41) is 30.8. The summed E-state index contributed by atoms with van der Waals surface area (Å²) in [6, 6.07) is 5.05. The lowest BCUT2D eigenvalue weighted by Gasteiger charge is -2.25. The van der Waals surface area contributed by atoms with Crippen LogP contribution in [0.4, 0.5) is 4.39 Å². The average molecular weight is 627 g/mol. The van der Waals surface area contributed by atoms with E-state index < -0.39 is 53.7 Å². The summed E-state index contributed by atoms with van der Waals surface area (Å²) in [7, 11) is 0. The summed E-state index contributed by atoms with van der Waals surface area (Å²) in [5.41, 5.74) is 0.862. The minimum atomic E-state index is -1.48. The molecule has 1 fully saturated rings. The number of benzene rings is 1. The van der Waals surface area contributed by atoms with Crippen LogP contribution in [-0.2, 0) is 25.7 Å². The SMILES string of the molecule is Cc1ccc(CNC(=O)[C@H](CO[C@H]2CCN(C(=O)C(C#N)=CC(C)C)C2)NC(=O)[C@@H](NC(=O)c2cc(C)on2)[C@@H](C)O)c(F)c1. The van der Waals surface area contributed by atoms with Crippen LogP contribution in [0.25, 0.3) is 0 Å². The second-order valence-corrected chi connectivity index (χ2v) is 11.3. The molecule has 45 heavy (non-hydrogen) atoms. The molecule has 1 aliphatic rings. The Bertz CT molecular complexity index is 1460. The van der Waals surface area contributed by atoms with Crippen LogP contribution >= 0.6 is 0 Å². The number of nitriles is 1. The number of nitrogens with zero attached hydrogens (tertiary/aromatic N) is 3. The Morgan fingerprint density at radius 2 is 1.93 bits per heavy atom. The van der Waals surface area contributed by atoms with Gasteiger partial charge < -0.3 is 35.2 Å². The summed E-state index contributed by atoms with van der Waals surface area (Å²) in [5.74, 6) is -2.93. The molecule has 0 aliphatic carbocycles. The fraction of sp³-hybridized carbons (Fsp3) is 0.484. The Morgan fingerprint density at radius 3 is 2.53 bits per heavy atom. The number of hydrogen-bond donors (Lipinski definition) is 4. The Hall–Kier alpha value is -4.61. The summed E-state index contributed by atoms with van der Waals surface area (Å²) in [6.45, 7) is 8.29. The number of carbonyl (C=O) groups is 4. The van der Waals surface area contributed by atoms with E-state index in [9.17, 15) is 33.9 Å². The molecule has 1 saturated heterocycles. The number of allylic oxidation sites excluding steroid dienone is 1. The molecular weight excluding hydrogens is 587 g/mol. The zero-order valence-corrected chi connectivity index (χ0v) is 25.9. The molecule has 2 aromatic rings. The number of aryl methyl sites for hydroxylation is 2. The largest absolute Gasteiger partial charge is 0.391 e. The van der Waals surface area contributed by atoms with Crippen LogP contribution in [-0.4, -0.2) is 82.8 Å². The van der Waals surface area contributed by atoms with Crippen molar-refractivity contribution in [2.75, 3.05) is 19.7 Å². The van der Waals surface area contributed by atoms with Crippen molar-refractivity contribution in [2.45, 2.75) is 71.9 Å². The van der Waals surface area contributed by atoms with Gasteiger partial charge in [-0.3, -0.25) is 19.2 Å². The van der Waals surface area contributed by atoms with Crippen molar-refractivity contribution in [3.63, 3.8) is 0 Å². The van der Waals surface area contributed by atoms with E-state index >= 15 is 0 Å².